The van der Waals surface area contributed by atoms with Gasteiger partial charge in [0.15, 0.2) is 11.2 Å². The number of H-pyrrole nitrogens is 1. The molecule has 0 amide bonds. The number of fused-ring (bicyclic) bond motifs is 1. The Kier molecular flexibility index (Phi) is 4.94. The van der Waals surface area contributed by atoms with E-state index in [0.717, 1.165) is 0 Å². The van der Waals surface area contributed by atoms with Crippen LogP contribution in [0.25, 0.3) is 11.2 Å². The van der Waals surface area contributed by atoms with E-state index >= 15 is 0 Å². The van der Waals surface area contributed by atoms with E-state index in [1.165, 1.54) is 30.0 Å². The minimum atomic E-state index is -0.555. The van der Waals surface area contributed by atoms with Crippen molar-refractivity contribution in [3.05, 3.63) is 56.5 Å². The van der Waals surface area contributed by atoms with Gasteiger partial charge in [-0.2, -0.15) is 10.1 Å². The van der Waals surface area contributed by atoms with E-state index in [0.29, 0.717) is 18.7 Å². The molecule has 10 heteroatoms. The number of aromatic nitrogens is 4. The minimum absolute atomic E-state index is 0.231. The van der Waals surface area contributed by atoms with E-state index < -0.39 is 11.2 Å². The van der Waals surface area contributed by atoms with Gasteiger partial charge in [0.05, 0.1) is 12.8 Å². The molecule has 0 bridgehead atoms. The molecule has 3 aromatic rings. The Bertz CT molecular complexity index is 1060. The van der Waals surface area contributed by atoms with Gasteiger partial charge in [0.2, 0.25) is 5.95 Å². The summed E-state index contributed by atoms with van der Waals surface area (Å²) in [6.07, 6.45) is 1.49. The summed E-state index contributed by atoms with van der Waals surface area (Å²) in [5.74, 6) is -0.0567. The predicted octanol–water partition coefficient (Wildman–Crippen LogP) is 0.655. The van der Waals surface area contributed by atoms with Gasteiger partial charge >= 0.3 is 5.69 Å². The largest absolute Gasteiger partial charge is 0.383 e. The summed E-state index contributed by atoms with van der Waals surface area (Å²) >= 11 is 0. The number of nitrogens with one attached hydrogen (secondary N) is 2. The van der Waals surface area contributed by atoms with Crippen LogP contribution in [0.2, 0.25) is 0 Å². The zero-order valence-electron chi connectivity index (χ0n) is 14.2. The van der Waals surface area contributed by atoms with Gasteiger partial charge in [0, 0.05) is 20.7 Å². The van der Waals surface area contributed by atoms with Crippen molar-refractivity contribution >= 4 is 23.3 Å². The third-order valence-corrected chi connectivity index (χ3v) is 3.77. The van der Waals surface area contributed by atoms with E-state index in [2.05, 4.69) is 20.5 Å². The highest BCUT2D eigenvalue weighted by molar-refractivity contribution is 5.80. The number of imidazole rings is 1. The maximum Gasteiger partial charge on any atom is 0.329 e. The zero-order chi connectivity index (χ0) is 18.7. The fourth-order valence-corrected chi connectivity index (χ4v) is 2.43. The van der Waals surface area contributed by atoms with Gasteiger partial charge in [0.1, 0.15) is 5.82 Å². The van der Waals surface area contributed by atoms with E-state index in [1.807, 2.05) is 0 Å². The Balaban J connectivity index is 1.99. The number of aromatic amines is 1. The fraction of sp³-hybridized carbons (Fsp3) is 0.250. The van der Waals surface area contributed by atoms with E-state index in [-0.39, 0.29) is 22.9 Å². The van der Waals surface area contributed by atoms with Crippen LogP contribution in [0, 0.1) is 5.82 Å². The lowest BCUT2D eigenvalue weighted by molar-refractivity contribution is 0.188. The number of benzene rings is 1. The first kappa shape index (κ1) is 17.5. The van der Waals surface area contributed by atoms with Gasteiger partial charge in [-0.1, -0.05) is 12.1 Å². The summed E-state index contributed by atoms with van der Waals surface area (Å²) in [5.41, 5.74) is 2.81. The van der Waals surface area contributed by atoms with Gasteiger partial charge in [0.25, 0.3) is 5.56 Å². The summed E-state index contributed by atoms with van der Waals surface area (Å²) in [5, 5.41) is 4.07. The van der Waals surface area contributed by atoms with Gasteiger partial charge in [-0.3, -0.25) is 14.3 Å². The van der Waals surface area contributed by atoms with Crippen LogP contribution in [-0.4, -0.2) is 39.0 Å². The number of halogens is 1. The number of hydrazone groups is 1. The van der Waals surface area contributed by atoms with Crippen molar-refractivity contribution < 1.29 is 9.13 Å². The minimum Gasteiger partial charge on any atom is -0.383 e. The Hall–Kier alpha value is -3.27. The molecule has 0 atom stereocenters. The number of ether oxygens (including phenoxy) is 1. The molecule has 2 heterocycles. The number of methoxy groups -OCH3 is 1. The molecule has 0 radical (unpaired) electrons. The summed E-state index contributed by atoms with van der Waals surface area (Å²) < 4.78 is 20.8. The molecule has 1 aromatic carbocycles. The number of nitrogens with zero attached hydrogens (tertiary/aromatic N) is 4. The molecule has 9 nitrogen and oxygen atoms in total. The lowest BCUT2D eigenvalue weighted by Crippen LogP contribution is -2.29. The van der Waals surface area contributed by atoms with Crippen molar-refractivity contribution in [3.63, 3.8) is 0 Å². The first-order valence-electron chi connectivity index (χ1n) is 7.74. The maximum atomic E-state index is 12.9. The SMILES string of the molecule is COCCn1c(N/N=C/c2ccc(F)cc2)nc2c1c(=O)[nH]c(=O)n2C. The highest BCUT2D eigenvalue weighted by Crippen LogP contribution is 2.15. The summed E-state index contributed by atoms with van der Waals surface area (Å²) in [7, 11) is 3.05. The molecule has 0 spiro atoms. The van der Waals surface area contributed by atoms with Crippen molar-refractivity contribution in [1.82, 2.24) is 19.1 Å². The number of aryl methyl sites for hydroxylation is 1. The first-order valence-corrected chi connectivity index (χ1v) is 7.74. The topological polar surface area (TPSA) is 106 Å². The monoisotopic (exact) mass is 360 g/mol. The number of anilines is 1. The average molecular weight is 360 g/mol. The summed E-state index contributed by atoms with van der Waals surface area (Å²) in [4.78, 5) is 30.5. The van der Waals surface area contributed by atoms with Crippen LogP contribution >= 0.6 is 0 Å². The van der Waals surface area contributed by atoms with Crippen LogP contribution < -0.4 is 16.7 Å². The number of rotatable bonds is 6. The molecule has 2 N–H and O–H groups in total. The molecule has 0 fully saturated rings. The molecule has 0 unspecified atom stereocenters. The van der Waals surface area contributed by atoms with Crippen LogP contribution in [0.4, 0.5) is 10.3 Å². The molecule has 26 heavy (non-hydrogen) atoms. The molecule has 0 aliphatic carbocycles. The van der Waals surface area contributed by atoms with Gasteiger partial charge < -0.3 is 9.30 Å². The highest BCUT2D eigenvalue weighted by Gasteiger charge is 2.16. The molecule has 136 valence electrons. The molecule has 0 saturated carbocycles. The Morgan fingerprint density at radius 1 is 1.35 bits per heavy atom. The average Bonchev–Trinajstić information content (AvgIpc) is 2.99. The predicted molar refractivity (Wildman–Crippen MR) is 95.1 cm³/mol. The van der Waals surface area contributed by atoms with Crippen molar-refractivity contribution in [1.29, 1.82) is 0 Å². The zero-order valence-corrected chi connectivity index (χ0v) is 14.2. The van der Waals surface area contributed by atoms with E-state index in [1.54, 1.807) is 23.8 Å². The molecule has 0 aliphatic heterocycles. The van der Waals surface area contributed by atoms with Crippen LogP contribution in [-0.2, 0) is 18.3 Å². The van der Waals surface area contributed by atoms with Gasteiger partial charge in [-0.25, -0.2) is 14.6 Å². The van der Waals surface area contributed by atoms with Crippen molar-refractivity contribution in [2.75, 3.05) is 19.1 Å². The Labute approximate surface area is 146 Å². The van der Waals surface area contributed by atoms with Gasteiger partial charge in [-0.05, 0) is 17.7 Å². The fourth-order valence-electron chi connectivity index (χ4n) is 2.43. The summed E-state index contributed by atoms with van der Waals surface area (Å²) in [6.45, 7) is 0.673. The molecular weight excluding hydrogens is 343 g/mol. The maximum absolute atomic E-state index is 12.9. The second kappa shape index (κ2) is 7.31. The highest BCUT2D eigenvalue weighted by atomic mass is 19.1. The van der Waals surface area contributed by atoms with Crippen molar-refractivity contribution in [2.24, 2.45) is 12.1 Å². The third kappa shape index (κ3) is 3.40. The molecule has 0 aliphatic rings. The standard InChI is InChI=1S/C16H17FN6O3/c1-22-13-12(14(24)20-16(22)25)23(7-8-26-2)15(19-13)21-18-9-10-3-5-11(17)6-4-10/h3-6,9H,7-8H2,1-2H3,(H,19,21)(H,20,24,25)/b18-9+. The number of hydrogen-bond donors (Lipinski definition) is 2. The molecule has 3 rings (SSSR count). The Morgan fingerprint density at radius 3 is 2.77 bits per heavy atom. The molecule has 0 saturated heterocycles. The lowest BCUT2D eigenvalue weighted by Gasteiger charge is -2.07. The lowest BCUT2D eigenvalue weighted by atomic mass is 10.2. The normalized spacial score (nSPS) is 11.5. The second-order valence-corrected chi connectivity index (χ2v) is 5.49. The molecular formula is C16H17FN6O3. The van der Waals surface area contributed by atoms with Crippen LogP contribution in [0.1, 0.15) is 5.56 Å². The van der Waals surface area contributed by atoms with E-state index in [4.69, 9.17) is 4.74 Å². The summed E-state index contributed by atoms with van der Waals surface area (Å²) in [6, 6.07) is 5.79. The van der Waals surface area contributed by atoms with Crippen molar-refractivity contribution in [3.8, 4) is 0 Å². The second-order valence-electron chi connectivity index (χ2n) is 5.49. The van der Waals surface area contributed by atoms with Crippen molar-refractivity contribution in [2.45, 2.75) is 6.54 Å². The van der Waals surface area contributed by atoms with E-state index in [9.17, 15) is 14.0 Å². The van der Waals surface area contributed by atoms with Crippen LogP contribution in [0.5, 0.6) is 0 Å². The number of hydrogen-bond acceptors (Lipinski definition) is 6. The van der Waals surface area contributed by atoms with Gasteiger partial charge in [-0.15, -0.1) is 0 Å². The smallest absolute Gasteiger partial charge is 0.329 e. The quantitative estimate of drug-likeness (QED) is 0.496. The first-order chi connectivity index (χ1) is 12.5. The Morgan fingerprint density at radius 2 is 2.08 bits per heavy atom. The third-order valence-electron chi connectivity index (χ3n) is 3.77. The van der Waals surface area contributed by atoms with Crippen LogP contribution in [0.3, 0.4) is 0 Å². The van der Waals surface area contributed by atoms with Crippen LogP contribution in [0.15, 0.2) is 39.0 Å². The molecule has 2 aromatic heterocycles.